The van der Waals surface area contributed by atoms with Crippen molar-refractivity contribution in [3.8, 4) is 0 Å². The first kappa shape index (κ1) is 15.6. The molecule has 1 fully saturated rings. The Hall–Kier alpha value is -1.76. The summed E-state index contributed by atoms with van der Waals surface area (Å²) in [7, 11) is 2.00. The molecule has 1 aliphatic rings. The number of halogens is 3. The van der Waals surface area contributed by atoms with Gasteiger partial charge in [0.15, 0.2) is 0 Å². The van der Waals surface area contributed by atoms with Crippen LogP contribution < -0.4 is 10.6 Å². The van der Waals surface area contributed by atoms with E-state index in [1.807, 2.05) is 11.9 Å². The van der Waals surface area contributed by atoms with Gasteiger partial charge in [-0.1, -0.05) is 0 Å². The Morgan fingerprint density at radius 2 is 1.90 bits per heavy atom. The van der Waals surface area contributed by atoms with E-state index < -0.39 is 17.6 Å². The Balaban J connectivity index is 2.35. The molecule has 1 aromatic carbocycles. The average molecular weight is 300 g/mol. The number of hydrogen-bond donors (Lipinski definition) is 2. The van der Waals surface area contributed by atoms with Gasteiger partial charge in [0.1, 0.15) is 5.84 Å². The van der Waals surface area contributed by atoms with Crippen LogP contribution in [0.1, 0.15) is 17.5 Å². The van der Waals surface area contributed by atoms with Crippen molar-refractivity contribution in [1.29, 1.82) is 5.41 Å². The summed E-state index contributed by atoms with van der Waals surface area (Å²) in [6.07, 6.45) is -3.61. The second-order valence-electron chi connectivity index (χ2n) is 5.29. The molecule has 0 amide bonds. The summed E-state index contributed by atoms with van der Waals surface area (Å²) in [6, 6.07) is 3.99. The molecule has 0 spiro atoms. The molecule has 1 heterocycles. The highest BCUT2D eigenvalue weighted by atomic mass is 19.4. The van der Waals surface area contributed by atoms with Crippen LogP contribution in [0.15, 0.2) is 18.2 Å². The maximum absolute atomic E-state index is 13.1. The molecule has 3 N–H and O–H groups in total. The number of nitrogens with one attached hydrogen (secondary N) is 1. The molecule has 0 aromatic heterocycles. The molecule has 21 heavy (non-hydrogen) atoms. The largest absolute Gasteiger partial charge is 0.417 e. The van der Waals surface area contributed by atoms with Crippen LogP contribution in [0.2, 0.25) is 0 Å². The Labute approximate surface area is 121 Å². The fraction of sp³-hybridized carbons (Fsp3) is 0.500. The Morgan fingerprint density at radius 1 is 1.19 bits per heavy atom. The molecule has 0 bridgehead atoms. The molecule has 7 heteroatoms. The number of nitrogens with two attached hydrogens (primary N) is 1. The second kappa shape index (κ2) is 5.93. The number of nitrogen functional groups attached to an aromatic ring is 1. The van der Waals surface area contributed by atoms with E-state index >= 15 is 0 Å². The van der Waals surface area contributed by atoms with Crippen LogP contribution in [0.25, 0.3) is 0 Å². The number of amidine groups is 1. The van der Waals surface area contributed by atoms with Crippen LogP contribution in [-0.2, 0) is 6.18 Å². The lowest BCUT2D eigenvalue weighted by Crippen LogP contribution is -2.29. The van der Waals surface area contributed by atoms with E-state index in [1.165, 1.54) is 6.07 Å². The fourth-order valence-electron chi connectivity index (χ4n) is 2.50. The van der Waals surface area contributed by atoms with E-state index in [9.17, 15) is 13.2 Å². The van der Waals surface area contributed by atoms with Gasteiger partial charge in [0, 0.05) is 30.9 Å². The first-order chi connectivity index (χ1) is 9.79. The summed E-state index contributed by atoms with van der Waals surface area (Å²) in [6.45, 7) is 3.16. The maximum Gasteiger partial charge on any atom is 0.417 e. The molecule has 0 atom stereocenters. The lowest BCUT2D eigenvalue weighted by atomic mass is 10.0. The van der Waals surface area contributed by atoms with Crippen molar-refractivity contribution in [1.82, 2.24) is 4.90 Å². The highest BCUT2D eigenvalue weighted by Crippen LogP contribution is 2.34. The van der Waals surface area contributed by atoms with Crippen LogP contribution in [0, 0.1) is 5.41 Å². The average Bonchev–Trinajstić information content (AvgIpc) is 2.62. The summed E-state index contributed by atoms with van der Waals surface area (Å²) in [5, 5.41) is 7.29. The van der Waals surface area contributed by atoms with Gasteiger partial charge in [0.2, 0.25) is 0 Å². The van der Waals surface area contributed by atoms with Gasteiger partial charge in [-0.3, -0.25) is 5.41 Å². The van der Waals surface area contributed by atoms with E-state index in [1.54, 1.807) is 6.07 Å². The normalized spacial score (nSPS) is 17.6. The third-order valence-corrected chi connectivity index (χ3v) is 3.68. The van der Waals surface area contributed by atoms with Crippen molar-refractivity contribution in [2.45, 2.75) is 12.6 Å². The summed E-state index contributed by atoms with van der Waals surface area (Å²) < 4.78 is 39.4. The summed E-state index contributed by atoms with van der Waals surface area (Å²) >= 11 is 0. The lowest BCUT2D eigenvalue weighted by Gasteiger charge is -2.24. The second-order valence-corrected chi connectivity index (χ2v) is 5.29. The standard InChI is InChI=1S/C14H19F3N4/c1-20-5-2-6-21(8-7-20)10-3-4-11(13(18)19)12(9-10)14(15,16)17/h3-4,9H,2,5-8H2,1H3,(H3,18,19). The van der Waals surface area contributed by atoms with Crippen LogP contribution >= 0.6 is 0 Å². The van der Waals surface area contributed by atoms with Crippen LogP contribution in [0.4, 0.5) is 18.9 Å². The van der Waals surface area contributed by atoms with Gasteiger partial charge >= 0.3 is 6.18 Å². The minimum Gasteiger partial charge on any atom is -0.384 e. The van der Waals surface area contributed by atoms with Crippen molar-refractivity contribution in [2.24, 2.45) is 5.73 Å². The Morgan fingerprint density at radius 3 is 2.52 bits per heavy atom. The van der Waals surface area contributed by atoms with Gasteiger partial charge in [0.25, 0.3) is 0 Å². The molecule has 116 valence electrons. The van der Waals surface area contributed by atoms with Gasteiger partial charge in [-0.25, -0.2) is 0 Å². The molecule has 2 rings (SSSR count). The fourth-order valence-corrected chi connectivity index (χ4v) is 2.50. The van der Waals surface area contributed by atoms with Gasteiger partial charge in [-0.05, 0) is 38.2 Å². The van der Waals surface area contributed by atoms with Crippen molar-refractivity contribution in [2.75, 3.05) is 38.1 Å². The highest BCUT2D eigenvalue weighted by molar-refractivity contribution is 5.97. The van der Waals surface area contributed by atoms with Gasteiger partial charge in [-0.2, -0.15) is 13.2 Å². The molecule has 1 aliphatic heterocycles. The van der Waals surface area contributed by atoms with E-state index in [0.29, 0.717) is 12.2 Å². The minimum atomic E-state index is -4.51. The maximum atomic E-state index is 13.1. The molecule has 0 saturated carbocycles. The third-order valence-electron chi connectivity index (χ3n) is 3.68. The summed E-state index contributed by atoms with van der Waals surface area (Å²) in [5.74, 6) is -0.565. The van der Waals surface area contributed by atoms with E-state index in [2.05, 4.69) is 4.90 Å². The predicted molar refractivity (Wildman–Crippen MR) is 76.8 cm³/mol. The Kier molecular flexibility index (Phi) is 4.41. The molecule has 1 saturated heterocycles. The zero-order valence-corrected chi connectivity index (χ0v) is 11.9. The number of anilines is 1. The smallest absolute Gasteiger partial charge is 0.384 e. The zero-order chi connectivity index (χ0) is 15.6. The highest BCUT2D eigenvalue weighted by Gasteiger charge is 2.34. The molecular formula is C14H19F3N4. The van der Waals surface area contributed by atoms with Gasteiger partial charge in [0.05, 0.1) is 5.56 Å². The van der Waals surface area contributed by atoms with E-state index in [4.69, 9.17) is 11.1 Å². The van der Waals surface area contributed by atoms with E-state index in [-0.39, 0.29) is 5.56 Å². The number of nitrogens with zero attached hydrogens (tertiary/aromatic N) is 2. The summed E-state index contributed by atoms with van der Waals surface area (Å²) in [5.41, 5.74) is 4.67. The molecule has 0 unspecified atom stereocenters. The van der Waals surface area contributed by atoms with Gasteiger partial charge < -0.3 is 15.5 Å². The topological polar surface area (TPSA) is 56.4 Å². The quantitative estimate of drug-likeness (QED) is 0.650. The van der Waals surface area contributed by atoms with Crippen molar-refractivity contribution >= 4 is 11.5 Å². The Bertz CT molecular complexity index is 527. The minimum absolute atomic E-state index is 0.266. The lowest BCUT2D eigenvalue weighted by molar-refractivity contribution is -0.137. The first-order valence-electron chi connectivity index (χ1n) is 6.78. The number of alkyl halides is 3. The van der Waals surface area contributed by atoms with Crippen molar-refractivity contribution in [3.05, 3.63) is 29.3 Å². The van der Waals surface area contributed by atoms with Gasteiger partial charge in [-0.15, -0.1) is 0 Å². The number of benzene rings is 1. The molecule has 1 aromatic rings. The van der Waals surface area contributed by atoms with Crippen LogP contribution in [0.5, 0.6) is 0 Å². The number of likely N-dealkylation sites (N-methyl/N-ethyl adjacent to an activating group) is 1. The molecule has 0 aliphatic carbocycles. The summed E-state index contributed by atoms with van der Waals surface area (Å²) in [4.78, 5) is 4.11. The molecule has 4 nitrogen and oxygen atoms in total. The predicted octanol–water partition coefficient (Wildman–Crippen LogP) is 2.13. The molecular weight excluding hydrogens is 281 g/mol. The van der Waals surface area contributed by atoms with Crippen molar-refractivity contribution in [3.63, 3.8) is 0 Å². The van der Waals surface area contributed by atoms with Crippen molar-refractivity contribution < 1.29 is 13.2 Å². The number of rotatable bonds is 2. The SMILES string of the molecule is CN1CCCN(c2ccc(C(=N)N)c(C(F)(F)F)c2)CC1. The third kappa shape index (κ3) is 3.66. The zero-order valence-electron chi connectivity index (χ0n) is 11.9. The number of hydrogen-bond acceptors (Lipinski definition) is 3. The monoisotopic (exact) mass is 300 g/mol. The van der Waals surface area contributed by atoms with Crippen LogP contribution in [-0.4, -0.2) is 44.0 Å². The van der Waals surface area contributed by atoms with Crippen LogP contribution in [0.3, 0.4) is 0 Å². The van der Waals surface area contributed by atoms with E-state index in [0.717, 1.165) is 32.1 Å². The first-order valence-corrected chi connectivity index (χ1v) is 6.78. The molecule has 0 radical (unpaired) electrons.